The van der Waals surface area contributed by atoms with Crippen molar-refractivity contribution in [3.05, 3.63) is 29.6 Å². The molecule has 1 aromatic heterocycles. The van der Waals surface area contributed by atoms with Crippen molar-refractivity contribution in [2.24, 2.45) is 0 Å². The van der Waals surface area contributed by atoms with Gasteiger partial charge < -0.3 is 10.4 Å². The summed E-state index contributed by atoms with van der Waals surface area (Å²) in [6.45, 7) is -0.611. The van der Waals surface area contributed by atoms with Crippen LogP contribution < -0.4 is 5.32 Å². The smallest absolute Gasteiger partial charge is 0.433 e. The van der Waals surface area contributed by atoms with Crippen LogP contribution in [0.2, 0.25) is 0 Å². The fraction of sp³-hybridized carbons (Fsp3) is 0.222. The number of nitrogens with zero attached hydrogens (tertiary/aromatic N) is 1. The first kappa shape index (κ1) is 12.9. The van der Waals surface area contributed by atoms with Gasteiger partial charge in [0, 0.05) is 6.20 Å². The van der Waals surface area contributed by atoms with Gasteiger partial charge in [0.2, 0.25) is 0 Å². The van der Waals surface area contributed by atoms with Gasteiger partial charge in [-0.15, -0.1) is 0 Å². The van der Waals surface area contributed by atoms with Crippen molar-refractivity contribution in [2.45, 2.75) is 6.18 Å². The predicted molar refractivity (Wildman–Crippen MR) is 49.2 cm³/mol. The summed E-state index contributed by atoms with van der Waals surface area (Å²) in [5, 5.41) is 10.3. The minimum absolute atomic E-state index is 0.140. The molecule has 5 nitrogen and oxygen atoms in total. The highest BCUT2D eigenvalue weighted by Crippen LogP contribution is 2.27. The Bertz CT molecular complexity index is 428. The first-order valence-electron chi connectivity index (χ1n) is 4.34. The van der Waals surface area contributed by atoms with Crippen LogP contribution >= 0.6 is 0 Å². The fourth-order valence-electron chi connectivity index (χ4n) is 0.954. The Labute approximate surface area is 93.3 Å². The SMILES string of the molecule is O=C(O)CNC(=O)c1ccc(C(F)(F)F)nc1. The van der Waals surface area contributed by atoms with Gasteiger partial charge in [0.1, 0.15) is 12.2 Å². The number of carbonyl (C=O) groups is 2. The molecule has 0 aliphatic carbocycles. The second-order valence-corrected chi connectivity index (χ2v) is 3.01. The summed E-state index contributed by atoms with van der Waals surface area (Å²) in [4.78, 5) is 24.4. The van der Waals surface area contributed by atoms with E-state index in [9.17, 15) is 22.8 Å². The van der Waals surface area contributed by atoms with Crippen molar-refractivity contribution in [2.75, 3.05) is 6.54 Å². The average Bonchev–Trinajstić information content (AvgIpc) is 2.25. The molecule has 1 heterocycles. The van der Waals surface area contributed by atoms with Gasteiger partial charge in [0.25, 0.3) is 5.91 Å². The van der Waals surface area contributed by atoms with E-state index in [1.807, 2.05) is 5.32 Å². The van der Waals surface area contributed by atoms with Gasteiger partial charge in [-0.2, -0.15) is 13.2 Å². The number of hydrogen-bond donors (Lipinski definition) is 2. The van der Waals surface area contributed by atoms with Gasteiger partial charge in [-0.3, -0.25) is 14.6 Å². The molecule has 1 aromatic rings. The second kappa shape index (κ2) is 4.81. The van der Waals surface area contributed by atoms with Crippen LogP contribution in [0, 0.1) is 0 Å². The average molecular weight is 248 g/mol. The van der Waals surface area contributed by atoms with Crippen LogP contribution in [0.3, 0.4) is 0 Å². The predicted octanol–water partition coefficient (Wildman–Crippen LogP) is 0.915. The molecule has 0 saturated heterocycles. The third-order valence-corrected chi connectivity index (χ3v) is 1.72. The molecule has 0 atom stereocenters. The third kappa shape index (κ3) is 3.74. The largest absolute Gasteiger partial charge is 0.480 e. The van der Waals surface area contributed by atoms with E-state index in [1.165, 1.54) is 0 Å². The maximum Gasteiger partial charge on any atom is 0.433 e. The zero-order valence-electron chi connectivity index (χ0n) is 8.28. The second-order valence-electron chi connectivity index (χ2n) is 3.01. The lowest BCUT2D eigenvalue weighted by molar-refractivity contribution is -0.141. The number of hydrogen-bond acceptors (Lipinski definition) is 3. The number of carbonyl (C=O) groups excluding carboxylic acids is 1. The summed E-state index contributed by atoms with van der Waals surface area (Å²) >= 11 is 0. The van der Waals surface area contributed by atoms with Crippen LogP contribution in [0.15, 0.2) is 18.3 Å². The van der Waals surface area contributed by atoms with Crippen LogP contribution in [0.4, 0.5) is 13.2 Å². The van der Waals surface area contributed by atoms with Crippen LogP contribution in [0.1, 0.15) is 16.1 Å². The summed E-state index contributed by atoms with van der Waals surface area (Å²) < 4.78 is 36.4. The molecule has 0 aromatic carbocycles. The highest BCUT2D eigenvalue weighted by Gasteiger charge is 2.32. The molecule has 0 bridgehead atoms. The van der Waals surface area contributed by atoms with E-state index in [1.54, 1.807) is 0 Å². The van der Waals surface area contributed by atoms with E-state index in [-0.39, 0.29) is 5.56 Å². The van der Waals surface area contributed by atoms with Crippen LogP contribution in [-0.4, -0.2) is 28.5 Å². The molecule has 0 spiro atoms. The van der Waals surface area contributed by atoms with Gasteiger partial charge in [0.05, 0.1) is 5.56 Å². The number of carboxylic acid groups (broad SMARTS) is 1. The number of amides is 1. The van der Waals surface area contributed by atoms with Crippen LogP contribution in [0.5, 0.6) is 0 Å². The maximum atomic E-state index is 12.1. The molecule has 0 saturated carbocycles. The first-order valence-corrected chi connectivity index (χ1v) is 4.34. The molecule has 0 unspecified atom stereocenters. The van der Waals surface area contributed by atoms with Gasteiger partial charge in [-0.25, -0.2) is 0 Å². The molecule has 0 aliphatic heterocycles. The molecule has 0 radical (unpaired) electrons. The Morgan fingerprint density at radius 1 is 1.35 bits per heavy atom. The molecule has 1 rings (SSSR count). The van der Waals surface area contributed by atoms with Crippen LogP contribution in [-0.2, 0) is 11.0 Å². The highest BCUT2D eigenvalue weighted by atomic mass is 19.4. The maximum absolute atomic E-state index is 12.1. The molecule has 8 heteroatoms. The Morgan fingerprint density at radius 3 is 2.41 bits per heavy atom. The summed E-state index contributed by atoms with van der Waals surface area (Å²) in [6, 6.07) is 1.57. The molecule has 2 N–H and O–H groups in total. The van der Waals surface area contributed by atoms with E-state index in [2.05, 4.69) is 4.98 Å². The van der Waals surface area contributed by atoms with Gasteiger partial charge in [-0.05, 0) is 12.1 Å². The number of carboxylic acids is 1. The number of aliphatic carboxylic acids is 1. The molecular formula is C9H7F3N2O3. The van der Waals surface area contributed by atoms with Gasteiger partial charge in [0.15, 0.2) is 0 Å². The van der Waals surface area contributed by atoms with Crippen molar-refractivity contribution in [1.82, 2.24) is 10.3 Å². The minimum atomic E-state index is -4.57. The molecule has 0 aliphatic rings. The Balaban J connectivity index is 2.74. The number of halogens is 3. The van der Waals surface area contributed by atoms with E-state index in [0.717, 1.165) is 12.3 Å². The number of rotatable bonds is 3. The van der Waals surface area contributed by atoms with E-state index in [0.29, 0.717) is 6.07 Å². The highest BCUT2D eigenvalue weighted by molar-refractivity contribution is 5.95. The van der Waals surface area contributed by atoms with Gasteiger partial charge >= 0.3 is 12.1 Å². The molecule has 92 valence electrons. The summed E-state index contributed by atoms with van der Waals surface area (Å²) in [6.07, 6.45) is -3.84. The topological polar surface area (TPSA) is 79.3 Å². The Hall–Kier alpha value is -2.12. The number of aromatic nitrogens is 1. The summed E-state index contributed by atoms with van der Waals surface area (Å²) in [7, 11) is 0. The van der Waals surface area contributed by atoms with E-state index in [4.69, 9.17) is 5.11 Å². The third-order valence-electron chi connectivity index (χ3n) is 1.72. The van der Waals surface area contributed by atoms with Crippen molar-refractivity contribution < 1.29 is 27.9 Å². The Kier molecular flexibility index (Phi) is 3.66. The fourth-order valence-corrected chi connectivity index (χ4v) is 0.954. The zero-order chi connectivity index (χ0) is 13.1. The molecule has 0 fully saturated rings. The number of nitrogens with one attached hydrogen (secondary N) is 1. The quantitative estimate of drug-likeness (QED) is 0.833. The number of pyridine rings is 1. The standard InChI is InChI=1S/C9H7F3N2O3/c10-9(11,12)6-2-1-5(3-13-6)8(17)14-4-7(15)16/h1-3H,4H2,(H,14,17)(H,15,16). The summed E-state index contributed by atoms with van der Waals surface area (Å²) in [5.74, 6) is -2.05. The molecule has 1 amide bonds. The summed E-state index contributed by atoms with van der Waals surface area (Å²) in [5.41, 5.74) is -1.26. The normalized spacial score (nSPS) is 11.0. The van der Waals surface area contributed by atoms with Crippen molar-refractivity contribution >= 4 is 11.9 Å². The van der Waals surface area contributed by atoms with E-state index < -0.39 is 30.3 Å². The first-order chi connectivity index (χ1) is 7.80. The minimum Gasteiger partial charge on any atom is -0.480 e. The molecular weight excluding hydrogens is 241 g/mol. The monoisotopic (exact) mass is 248 g/mol. The Morgan fingerprint density at radius 2 is 2.00 bits per heavy atom. The lowest BCUT2D eigenvalue weighted by Gasteiger charge is -2.06. The van der Waals surface area contributed by atoms with Crippen LogP contribution in [0.25, 0.3) is 0 Å². The zero-order valence-corrected chi connectivity index (χ0v) is 8.28. The lowest BCUT2D eigenvalue weighted by Crippen LogP contribution is -2.29. The lowest BCUT2D eigenvalue weighted by atomic mass is 10.2. The van der Waals surface area contributed by atoms with E-state index >= 15 is 0 Å². The van der Waals surface area contributed by atoms with Gasteiger partial charge in [-0.1, -0.05) is 0 Å². The number of alkyl halides is 3. The van der Waals surface area contributed by atoms with Crippen molar-refractivity contribution in [3.8, 4) is 0 Å². The van der Waals surface area contributed by atoms with Crippen molar-refractivity contribution in [3.63, 3.8) is 0 Å². The van der Waals surface area contributed by atoms with Crippen molar-refractivity contribution in [1.29, 1.82) is 0 Å². The molecule has 17 heavy (non-hydrogen) atoms.